The van der Waals surface area contributed by atoms with E-state index in [0.29, 0.717) is 42.8 Å². The Morgan fingerprint density at radius 3 is 2.59 bits per heavy atom. The van der Waals surface area contributed by atoms with Gasteiger partial charge in [-0.15, -0.1) is 0 Å². The number of rotatable bonds is 5. The lowest BCUT2D eigenvalue weighted by Crippen LogP contribution is -2.71. The summed E-state index contributed by atoms with van der Waals surface area (Å²) < 4.78 is 11.1. The molecule has 3 aliphatic rings. The highest BCUT2D eigenvalue weighted by Crippen LogP contribution is 2.31. The Morgan fingerprint density at radius 2 is 1.84 bits per heavy atom. The third-order valence-corrected chi connectivity index (χ3v) is 7.69. The van der Waals surface area contributed by atoms with Crippen molar-refractivity contribution in [3.8, 4) is 0 Å². The lowest BCUT2D eigenvalue weighted by Gasteiger charge is -2.54. The van der Waals surface area contributed by atoms with E-state index in [2.05, 4.69) is 19.9 Å². The molecule has 1 aromatic heterocycles. The third kappa shape index (κ3) is 4.54. The molecule has 172 valence electrons. The number of likely N-dealkylation sites (tertiary alicyclic amines) is 1. The van der Waals surface area contributed by atoms with Gasteiger partial charge < -0.3 is 14.2 Å². The second-order valence-corrected chi connectivity index (χ2v) is 9.69. The first-order valence-electron chi connectivity index (χ1n) is 11.3. The summed E-state index contributed by atoms with van der Waals surface area (Å²) in [6.07, 6.45) is 4.33. The minimum absolute atomic E-state index is 0.0813. The summed E-state index contributed by atoms with van der Waals surface area (Å²) >= 11 is 12.2. The van der Waals surface area contributed by atoms with Crippen molar-refractivity contribution in [2.24, 2.45) is 0 Å². The summed E-state index contributed by atoms with van der Waals surface area (Å²) in [5, 5.41) is 5.08. The maximum absolute atomic E-state index is 13.5. The molecule has 2 unspecified atom stereocenters. The third-order valence-electron chi connectivity index (χ3n) is 6.95. The molecule has 32 heavy (non-hydrogen) atoms. The van der Waals surface area contributed by atoms with E-state index in [1.54, 1.807) is 18.4 Å². The largest absolute Gasteiger partial charge is 0.378 e. The first-order chi connectivity index (χ1) is 15.6. The van der Waals surface area contributed by atoms with Crippen molar-refractivity contribution in [1.29, 1.82) is 0 Å². The molecule has 0 spiro atoms. The van der Waals surface area contributed by atoms with Crippen molar-refractivity contribution >= 4 is 29.1 Å². The average molecular weight is 479 g/mol. The summed E-state index contributed by atoms with van der Waals surface area (Å²) in [6, 6.07) is 7.74. The fourth-order valence-electron chi connectivity index (χ4n) is 5.39. The van der Waals surface area contributed by atoms with Gasteiger partial charge in [0.1, 0.15) is 6.26 Å². The molecule has 1 amide bonds. The highest BCUT2D eigenvalue weighted by Gasteiger charge is 2.47. The molecular weight excluding hydrogens is 451 g/mol. The number of carbonyl (C=O) groups is 1. The molecule has 0 bridgehead atoms. The van der Waals surface area contributed by atoms with E-state index in [0.717, 1.165) is 30.9 Å². The smallest absolute Gasteiger partial charge is 0.227 e. The lowest BCUT2D eigenvalue weighted by molar-refractivity contribution is -0.153. The summed E-state index contributed by atoms with van der Waals surface area (Å²) in [5.74, 6) is 0.130. The van der Waals surface area contributed by atoms with Gasteiger partial charge in [-0.1, -0.05) is 34.4 Å². The molecule has 2 aromatic rings. The first kappa shape index (κ1) is 22.2. The molecule has 0 radical (unpaired) electrons. The van der Waals surface area contributed by atoms with Crippen molar-refractivity contribution in [3.05, 3.63) is 51.8 Å². The molecule has 1 aromatic carbocycles. The Bertz CT molecular complexity index is 935. The average Bonchev–Trinajstić information content (AvgIpc) is 3.50. The van der Waals surface area contributed by atoms with E-state index in [4.69, 9.17) is 32.5 Å². The predicted molar refractivity (Wildman–Crippen MR) is 122 cm³/mol. The SMILES string of the molecule is O=C(Cc1ccc(Cl)c(Cl)c1)N1CCN(Cc2ccon2)C2COCC(N3CCCC3)[C@H]21. The highest BCUT2D eigenvalue weighted by atomic mass is 35.5. The number of nitrogens with zero attached hydrogens (tertiary/aromatic N) is 4. The van der Waals surface area contributed by atoms with Crippen LogP contribution in [0, 0.1) is 0 Å². The molecule has 0 N–H and O–H groups in total. The monoisotopic (exact) mass is 478 g/mol. The van der Waals surface area contributed by atoms with E-state index in [1.165, 1.54) is 12.8 Å². The molecule has 5 rings (SSSR count). The maximum Gasteiger partial charge on any atom is 0.227 e. The topological polar surface area (TPSA) is 62.1 Å². The van der Waals surface area contributed by atoms with Crippen LogP contribution in [0.3, 0.4) is 0 Å². The van der Waals surface area contributed by atoms with Crippen molar-refractivity contribution < 1.29 is 14.1 Å². The molecule has 7 nitrogen and oxygen atoms in total. The minimum atomic E-state index is 0.0813. The van der Waals surface area contributed by atoms with Gasteiger partial charge in [-0.3, -0.25) is 14.6 Å². The van der Waals surface area contributed by atoms with Crippen molar-refractivity contribution in [2.75, 3.05) is 39.4 Å². The summed E-state index contributed by atoms with van der Waals surface area (Å²) in [7, 11) is 0. The molecule has 4 heterocycles. The number of hydrogen-bond donors (Lipinski definition) is 0. The van der Waals surface area contributed by atoms with Crippen molar-refractivity contribution in [1.82, 2.24) is 19.9 Å². The van der Waals surface area contributed by atoms with Gasteiger partial charge in [-0.05, 0) is 43.6 Å². The zero-order valence-corrected chi connectivity index (χ0v) is 19.5. The molecule has 3 aliphatic heterocycles. The van der Waals surface area contributed by atoms with E-state index in [9.17, 15) is 4.79 Å². The zero-order valence-electron chi connectivity index (χ0n) is 18.0. The molecule has 3 atom stereocenters. The Labute approximate surface area is 198 Å². The number of amides is 1. The number of aromatic nitrogens is 1. The summed E-state index contributed by atoms with van der Waals surface area (Å²) in [4.78, 5) is 20.5. The van der Waals surface area contributed by atoms with Gasteiger partial charge >= 0.3 is 0 Å². The fraction of sp³-hybridized carbons (Fsp3) is 0.565. The second kappa shape index (κ2) is 9.69. The maximum atomic E-state index is 13.5. The van der Waals surface area contributed by atoms with Gasteiger partial charge in [-0.25, -0.2) is 0 Å². The van der Waals surface area contributed by atoms with Gasteiger partial charge in [0, 0.05) is 25.7 Å². The van der Waals surface area contributed by atoms with Gasteiger partial charge in [-0.2, -0.15) is 0 Å². The number of halogens is 2. The minimum Gasteiger partial charge on any atom is -0.378 e. The van der Waals surface area contributed by atoms with Crippen LogP contribution in [0.5, 0.6) is 0 Å². The van der Waals surface area contributed by atoms with Crippen LogP contribution in [-0.2, 0) is 22.5 Å². The Kier molecular flexibility index (Phi) is 6.71. The number of carbonyl (C=O) groups excluding carboxylic acids is 1. The van der Waals surface area contributed by atoms with Crippen LogP contribution < -0.4 is 0 Å². The second-order valence-electron chi connectivity index (χ2n) is 8.88. The van der Waals surface area contributed by atoms with Gasteiger partial charge in [0.05, 0.1) is 53.5 Å². The summed E-state index contributed by atoms with van der Waals surface area (Å²) in [6.45, 7) is 5.56. The van der Waals surface area contributed by atoms with Gasteiger partial charge in [0.15, 0.2) is 0 Å². The predicted octanol–water partition coefficient (Wildman–Crippen LogP) is 3.10. The Balaban J connectivity index is 1.39. The van der Waals surface area contributed by atoms with E-state index >= 15 is 0 Å². The van der Waals surface area contributed by atoms with E-state index in [1.807, 2.05) is 12.1 Å². The van der Waals surface area contributed by atoms with Crippen LogP contribution in [0.4, 0.5) is 0 Å². The molecule has 3 fully saturated rings. The molecular formula is C23H28Cl2N4O3. The number of piperazine rings is 1. The number of ether oxygens (including phenoxy) is 1. The molecule has 0 saturated carbocycles. The van der Waals surface area contributed by atoms with Crippen LogP contribution in [0.25, 0.3) is 0 Å². The highest BCUT2D eigenvalue weighted by molar-refractivity contribution is 6.42. The van der Waals surface area contributed by atoms with Crippen molar-refractivity contribution in [3.63, 3.8) is 0 Å². The van der Waals surface area contributed by atoms with E-state index in [-0.39, 0.29) is 24.0 Å². The van der Waals surface area contributed by atoms with Crippen LogP contribution in [0.1, 0.15) is 24.1 Å². The molecule has 0 aliphatic carbocycles. The van der Waals surface area contributed by atoms with Crippen LogP contribution >= 0.6 is 23.2 Å². The standard InChI is InChI=1S/C23H28Cl2N4O3/c24-18-4-3-16(11-19(18)25)12-22(30)29-9-8-28(13-17-5-10-32-26-17)21-15-31-14-20(23(21)29)27-6-1-2-7-27/h3-5,10-11,20-21,23H,1-2,6-9,12-15H2/t20?,21?,23-/m1/s1. The normalized spacial score (nSPS) is 26.9. The van der Waals surface area contributed by atoms with Crippen LogP contribution in [-0.4, -0.2) is 83.3 Å². The van der Waals surface area contributed by atoms with Crippen LogP contribution in [0.15, 0.2) is 35.1 Å². The molecule has 9 heteroatoms. The zero-order chi connectivity index (χ0) is 22.1. The lowest BCUT2D eigenvalue weighted by atomic mass is 9.90. The van der Waals surface area contributed by atoms with Crippen molar-refractivity contribution in [2.45, 2.75) is 43.9 Å². The Morgan fingerprint density at radius 1 is 1.03 bits per heavy atom. The van der Waals surface area contributed by atoms with Gasteiger partial charge in [0.2, 0.25) is 5.91 Å². The van der Waals surface area contributed by atoms with Gasteiger partial charge in [0.25, 0.3) is 0 Å². The Hall–Kier alpha value is -1.64. The number of hydrogen-bond acceptors (Lipinski definition) is 6. The summed E-state index contributed by atoms with van der Waals surface area (Å²) in [5.41, 5.74) is 1.79. The fourth-order valence-corrected chi connectivity index (χ4v) is 5.71. The quantitative estimate of drug-likeness (QED) is 0.657. The van der Waals surface area contributed by atoms with Crippen LogP contribution in [0.2, 0.25) is 10.0 Å². The number of benzene rings is 1. The number of fused-ring (bicyclic) bond motifs is 1. The van der Waals surface area contributed by atoms with E-state index < -0.39 is 0 Å². The molecule has 3 saturated heterocycles. The first-order valence-corrected chi connectivity index (χ1v) is 12.0.